The summed E-state index contributed by atoms with van der Waals surface area (Å²) in [4.78, 5) is 0. The first-order valence-corrected chi connectivity index (χ1v) is 9.99. The Kier molecular flexibility index (Phi) is 6.82. The van der Waals surface area contributed by atoms with Crippen LogP contribution >= 0.6 is 0 Å². The number of hydrogen-bond acceptors (Lipinski definition) is 4. The average Bonchev–Trinajstić information content (AvgIpc) is 2.59. The van der Waals surface area contributed by atoms with Gasteiger partial charge in [-0.3, -0.25) is 0 Å². The quantitative estimate of drug-likeness (QED) is 0.708. The number of rotatable bonds is 9. The van der Waals surface area contributed by atoms with Crippen LogP contribution in [0.2, 0.25) is 0 Å². The van der Waals surface area contributed by atoms with Gasteiger partial charge in [0.05, 0.1) is 5.75 Å². The van der Waals surface area contributed by atoms with E-state index in [1.165, 1.54) is 5.56 Å². The molecule has 0 fully saturated rings. The highest BCUT2D eigenvalue weighted by molar-refractivity contribution is 7.91. The monoisotopic (exact) mass is 347 g/mol. The molecule has 2 rings (SSSR count). The highest BCUT2D eigenvalue weighted by atomic mass is 32.2. The lowest BCUT2D eigenvalue weighted by atomic mass is 10.2. The minimum Gasteiger partial charge on any atom is -0.489 e. The standard InChI is InChI=1S/C19H25NO3S/c1-3-24(21,22)13-12-20-14-17-8-10-19(11-9-17)23-15-18-6-4-16(2)5-7-18/h4-11,20H,3,12-15H2,1-2H3. The predicted molar refractivity (Wildman–Crippen MR) is 98.0 cm³/mol. The minimum absolute atomic E-state index is 0.182. The molecule has 0 radical (unpaired) electrons. The highest BCUT2D eigenvalue weighted by Gasteiger charge is 2.06. The van der Waals surface area contributed by atoms with E-state index in [9.17, 15) is 8.42 Å². The number of aryl methyl sites for hydroxylation is 1. The molecule has 0 unspecified atom stereocenters. The molecule has 0 aliphatic rings. The summed E-state index contributed by atoms with van der Waals surface area (Å²) in [6, 6.07) is 16.1. The Morgan fingerprint density at radius 3 is 2.21 bits per heavy atom. The Bertz CT molecular complexity index is 722. The molecule has 0 heterocycles. The lowest BCUT2D eigenvalue weighted by Gasteiger charge is -2.08. The predicted octanol–water partition coefficient (Wildman–Crippen LogP) is 3.10. The zero-order chi connectivity index (χ0) is 17.4. The largest absolute Gasteiger partial charge is 0.489 e. The zero-order valence-corrected chi connectivity index (χ0v) is 15.1. The van der Waals surface area contributed by atoms with Crippen molar-refractivity contribution in [2.75, 3.05) is 18.1 Å². The third-order valence-corrected chi connectivity index (χ3v) is 5.51. The van der Waals surface area contributed by atoms with Gasteiger partial charge in [0.1, 0.15) is 12.4 Å². The molecule has 24 heavy (non-hydrogen) atoms. The molecule has 0 aromatic heterocycles. The second-order valence-electron chi connectivity index (χ2n) is 5.83. The van der Waals surface area contributed by atoms with Crippen molar-refractivity contribution in [3.05, 3.63) is 65.2 Å². The van der Waals surface area contributed by atoms with Gasteiger partial charge in [0.2, 0.25) is 0 Å². The third-order valence-electron chi connectivity index (χ3n) is 3.81. The molecule has 0 aliphatic carbocycles. The van der Waals surface area contributed by atoms with E-state index in [2.05, 4.69) is 36.5 Å². The lowest BCUT2D eigenvalue weighted by molar-refractivity contribution is 0.306. The molecule has 0 aliphatic heterocycles. The Morgan fingerprint density at radius 1 is 0.958 bits per heavy atom. The van der Waals surface area contributed by atoms with E-state index in [-0.39, 0.29) is 11.5 Å². The van der Waals surface area contributed by atoms with Crippen LogP contribution in [-0.4, -0.2) is 26.5 Å². The first-order valence-electron chi connectivity index (χ1n) is 8.17. The summed E-state index contributed by atoms with van der Waals surface area (Å²) in [5.41, 5.74) is 3.48. The Labute approximate surface area is 144 Å². The van der Waals surface area contributed by atoms with Crippen LogP contribution in [0.1, 0.15) is 23.6 Å². The van der Waals surface area contributed by atoms with E-state index in [1.54, 1.807) is 6.92 Å². The summed E-state index contributed by atoms with van der Waals surface area (Å²) in [5, 5.41) is 3.15. The molecule has 0 saturated heterocycles. The van der Waals surface area contributed by atoms with Crippen LogP contribution in [-0.2, 0) is 23.0 Å². The maximum Gasteiger partial charge on any atom is 0.151 e. The fraction of sp³-hybridized carbons (Fsp3) is 0.368. The van der Waals surface area contributed by atoms with Crippen molar-refractivity contribution in [2.24, 2.45) is 0 Å². The highest BCUT2D eigenvalue weighted by Crippen LogP contribution is 2.14. The fourth-order valence-corrected chi connectivity index (χ4v) is 2.90. The topological polar surface area (TPSA) is 55.4 Å². The van der Waals surface area contributed by atoms with E-state index < -0.39 is 9.84 Å². The molecular formula is C19H25NO3S. The average molecular weight is 347 g/mol. The molecule has 2 aromatic carbocycles. The zero-order valence-electron chi connectivity index (χ0n) is 14.3. The van der Waals surface area contributed by atoms with Gasteiger partial charge >= 0.3 is 0 Å². The van der Waals surface area contributed by atoms with Gasteiger partial charge in [0, 0.05) is 18.8 Å². The number of ether oxygens (including phenoxy) is 1. The van der Waals surface area contributed by atoms with Crippen molar-refractivity contribution < 1.29 is 13.2 Å². The first kappa shape index (κ1) is 18.5. The third kappa shape index (κ3) is 6.34. The van der Waals surface area contributed by atoms with Crippen molar-refractivity contribution >= 4 is 9.84 Å². The van der Waals surface area contributed by atoms with Gasteiger partial charge < -0.3 is 10.1 Å². The molecule has 5 heteroatoms. The summed E-state index contributed by atoms with van der Waals surface area (Å²) < 4.78 is 28.6. The Balaban J connectivity index is 1.75. The maximum atomic E-state index is 11.4. The SMILES string of the molecule is CCS(=O)(=O)CCNCc1ccc(OCc2ccc(C)cc2)cc1. The van der Waals surface area contributed by atoms with Crippen molar-refractivity contribution in [1.82, 2.24) is 5.32 Å². The summed E-state index contributed by atoms with van der Waals surface area (Å²) in [7, 11) is -2.90. The number of hydrogen-bond donors (Lipinski definition) is 1. The molecule has 0 bridgehead atoms. The molecule has 0 amide bonds. The first-order chi connectivity index (χ1) is 11.5. The van der Waals surface area contributed by atoms with E-state index in [0.717, 1.165) is 16.9 Å². The van der Waals surface area contributed by atoms with E-state index in [4.69, 9.17) is 4.74 Å². The van der Waals surface area contributed by atoms with Crippen molar-refractivity contribution in [1.29, 1.82) is 0 Å². The van der Waals surface area contributed by atoms with Gasteiger partial charge in [-0.05, 0) is 30.2 Å². The second-order valence-corrected chi connectivity index (χ2v) is 8.30. The lowest BCUT2D eigenvalue weighted by Crippen LogP contribution is -2.23. The number of nitrogens with one attached hydrogen (secondary N) is 1. The Hall–Kier alpha value is -1.85. The molecule has 4 nitrogen and oxygen atoms in total. The summed E-state index contributed by atoms with van der Waals surface area (Å²) in [5.74, 6) is 1.20. The van der Waals surface area contributed by atoms with E-state index in [0.29, 0.717) is 19.7 Å². The van der Waals surface area contributed by atoms with Crippen LogP contribution in [0.25, 0.3) is 0 Å². The van der Waals surface area contributed by atoms with E-state index in [1.807, 2.05) is 24.3 Å². The van der Waals surface area contributed by atoms with Crippen LogP contribution in [0.15, 0.2) is 48.5 Å². The minimum atomic E-state index is -2.90. The van der Waals surface area contributed by atoms with Gasteiger partial charge in [-0.15, -0.1) is 0 Å². The van der Waals surface area contributed by atoms with Crippen LogP contribution < -0.4 is 10.1 Å². The van der Waals surface area contributed by atoms with Gasteiger partial charge in [-0.2, -0.15) is 0 Å². The summed E-state index contributed by atoms with van der Waals surface area (Å²) >= 11 is 0. The normalized spacial score (nSPS) is 11.4. The van der Waals surface area contributed by atoms with Crippen LogP contribution in [0, 0.1) is 6.92 Å². The van der Waals surface area contributed by atoms with Crippen molar-refractivity contribution in [3.8, 4) is 5.75 Å². The van der Waals surface area contributed by atoms with Crippen molar-refractivity contribution in [3.63, 3.8) is 0 Å². The van der Waals surface area contributed by atoms with Gasteiger partial charge in [-0.25, -0.2) is 8.42 Å². The molecule has 1 N–H and O–H groups in total. The van der Waals surface area contributed by atoms with Gasteiger partial charge in [0.15, 0.2) is 9.84 Å². The molecule has 0 atom stereocenters. The van der Waals surface area contributed by atoms with E-state index >= 15 is 0 Å². The van der Waals surface area contributed by atoms with Gasteiger partial charge in [-0.1, -0.05) is 48.9 Å². The number of benzene rings is 2. The smallest absolute Gasteiger partial charge is 0.151 e. The second kappa shape index (κ2) is 8.85. The molecule has 0 spiro atoms. The molecule has 2 aromatic rings. The number of sulfone groups is 1. The maximum absolute atomic E-state index is 11.4. The summed E-state index contributed by atoms with van der Waals surface area (Å²) in [6.45, 7) is 5.41. The van der Waals surface area contributed by atoms with Gasteiger partial charge in [0.25, 0.3) is 0 Å². The van der Waals surface area contributed by atoms with Crippen molar-refractivity contribution in [2.45, 2.75) is 27.0 Å². The molecule has 130 valence electrons. The summed E-state index contributed by atoms with van der Waals surface area (Å²) in [6.07, 6.45) is 0. The molecular weight excluding hydrogens is 322 g/mol. The van der Waals surface area contributed by atoms with Crippen LogP contribution in [0.5, 0.6) is 5.75 Å². The Morgan fingerprint density at radius 2 is 1.58 bits per heavy atom. The fourth-order valence-electron chi connectivity index (χ4n) is 2.16. The van der Waals surface area contributed by atoms with Crippen LogP contribution in [0.3, 0.4) is 0 Å². The molecule has 0 saturated carbocycles. The van der Waals surface area contributed by atoms with Crippen LogP contribution in [0.4, 0.5) is 0 Å².